The third kappa shape index (κ3) is 2.95. The van der Waals surface area contributed by atoms with Crippen LogP contribution in [0.15, 0.2) is 18.2 Å². The van der Waals surface area contributed by atoms with Gasteiger partial charge in [0, 0.05) is 6.54 Å². The number of ether oxygens (including phenoxy) is 1. The lowest BCUT2D eigenvalue weighted by molar-refractivity contribution is 0.370. The Labute approximate surface area is 89.2 Å². The monoisotopic (exact) mass is 209 g/mol. The first-order valence-corrected chi connectivity index (χ1v) is 4.65. The summed E-state index contributed by atoms with van der Waals surface area (Å²) in [7, 11) is 1.89. The van der Waals surface area contributed by atoms with Crippen LogP contribution in [0.1, 0.15) is 5.56 Å². The van der Waals surface area contributed by atoms with Gasteiger partial charge in [0.25, 0.3) is 0 Å². The van der Waals surface area contributed by atoms with Gasteiger partial charge in [-0.1, -0.05) is 23.6 Å². The van der Waals surface area contributed by atoms with Gasteiger partial charge in [-0.3, -0.25) is 0 Å². The predicted octanol–water partition coefficient (Wildman–Crippen LogP) is 2.07. The second-order valence-corrected chi connectivity index (χ2v) is 3.20. The van der Waals surface area contributed by atoms with Crippen LogP contribution in [0, 0.1) is 12.3 Å². The fourth-order valence-electron chi connectivity index (χ4n) is 1.09. The van der Waals surface area contributed by atoms with Crippen molar-refractivity contribution in [3.05, 3.63) is 28.8 Å². The molecule has 14 heavy (non-hydrogen) atoms. The molecule has 0 aliphatic carbocycles. The first kappa shape index (κ1) is 10.9. The minimum Gasteiger partial charge on any atom is -0.479 e. The van der Waals surface area contributed by atoms with E-state index in [4.69, 9.17) is 22.8 Å². The van der Waals surface area contributed by atoms with Gasteiger partial charge in [-0.2, -0.15) is 0 Å². The Morgan fingerprint density at radius 2 is 2.36 bits per heavy atom. The lowest BCUT2D eigenvalue weighted by Crippen LogP contribution is -2.05. The molecule has 0 saturated heterocycles. The van der Waals surface area contributed by atoms with Gasteiger partial charge in [0.2, 0.25) is 0 Å². The van der Waals surface area contributed by atoms with Gasteiger partial charge in [0.05, 0.1) is 5.02 Å². The van der Waals surface area contributed by atoms with Crippen molar-refractivity contribution in [3.63, 3.8) is 0 Å². The van der Waals surface area contributed by atoms with Crippen LogP contribution in [0.5, 0.6) is 5.75 Å². The maximum Gasteiger partial charge on any atom is 0.148 e. The molecule has 0 radical (unpaired) electrons. The number of hydrogen-bond donors (Lipinski definition) is 1. The van der Waals surface area contributed by atoms with Crippen molar-refractivity contribution in [2.24, 2.45) is 0 Å². The number of hydrogen-bond acceptors (Lipinski definition) is 2. The third-order valence-corrected chi connectivity index (χ3v) is 1.98. The smallest absolute Gasteiger partial charge is 0.148 e. The Morgan fingerprint density at radius 3 is 2.93 bits per heavy atom. The summed E-state index contributed by atoms with van der Waals surface area (Å²) in [5.41, 5.74) is 1.12. The molecule has 2 nitrogen and oxygen atoms in total. The molecule has 0 aliphatic heterocycles. The minimum atomic E-state index is 0.241. The Bertz CT molecular complexity index is 344. The van der Waals surface area contributed by atoms with Crippen LogP contribution in [-0.2, 0) is 6.54 Å². The van der Waals surface area contributed by atoms with Crippen molar-refractivity contribution < 1.29 is 4.74 Å². The molecule has 0 saturated carbocycles. The van der Waals surface area contributed by atoms with Crippen molar-refractivity contribution in [2.75, 3.05) is 13.7 Å². The molecule has 0 unspecified atom stereocenters. The predicted molar refractivity (Wildman–Crippen MR) is 58.5 cm³/mol. The van der Waals surface area contributed by atoms with Crippen LogP contribution >= 0.6 is 11.6 Å². The topological polar surface area (TPSA) is 21.3 Å². The van der Waals surface area contributed by atoms with Gasteiger partial charge >= 0.3 is 0 Å². The highest BCUT2D eigenvalue weighted by Gasteiger charge is 2.01. The van der Waals surface area contributed by atoms with Crippen molar-refractivity contribution in [1.29, 1.82) is 0 Å². The molecule has 74 valence electrons. The average molecular weight is 210 g/mol. The molecule has 0 aromatic heterocycles. The zero-order chi connectivity index (χ0) is 10.4. The molecular formula is C11H12ClNO. The van der Waals surface area contributed by atoms with E-state index in [1.807, 2.05) is 25.2 Å². The SMILES string of the molecule is C#CCOc1ccc(CNC)cc1Cl. The number of rotatable bonds is 4. The molecule has 1 N–H and O–H groups in total. The normalized spacial score (nSPS) is 9.50. The van der Waals surface area contributed by atoms with Crippen LogP contribution in [0.25, 0.3) is 0 Å². The summed E-state index contributed by atoms with van der Waals surface area (Å²) in [4.78, 5) is 0. The highest BCUT2D eigenvalue weighted by atomic mass is 35.5. The second-order valence-electron chi connectivity index (χ2n) is 2.79. The lowest BCUT2D eigenvalue weighted by Gasteiger charge is -2.06. The summed E-state index contributed by atoms with van der Waals surface area (Å²) in [5, 5.41) is 3.63. The van der Waals surface area contributed by atoms with E-state index >= 15 is 0 Å². The van der Waals surface area contributed by atoms with E-state index in [0.29, 0.717) is 10.8 Å². The fraction of sp³-hybridized carbons (Fsp3) is 0.273. The summed E-state index contributed by atoms with van der Waals surface area (Å²) in [6.45, 7) is 1.03. The molecule has 0 heterocycles. The van der Waals surface area contributed by atoms with E-state index in [1.54, 1.807) is 0 Å². The zero-order valence-corrected chi connectivity index (χ0v) is 8.77. The van der Waals surface area contributed by atoms with E-state index in [-0.39, 0.29) is 6.61 Å². The van der Waals surface area contributed by atoms with Gasteiger partial charge in [-0.05, 0) is 24.7 Å². The van der Waals surface area contributed by atoms with Gasteiger partial charge in [-0.25, -0.2) is 0 Å². The number of terminal acetylenes is 1. The highest BCUT2D eigenvalue weighted by Crippen LogP contribution is 2.25. The van der Waals surface area contributed by atoms with Crippen LogP contribution in [0.3, 0.4) is 0 Å². The van der Waals surface area contributed by atoms with E-state index in [2.05, 4.69) is 11.2 Å². The van der Waals surface area contributed by atoms with Gasteiger partial charge in [0.15, 0.2) is 0 Å². The van der Waals surface area contributed by atoms with E-state index < -0.39 is 0 Å². The summed E-state index contributed by atoms with van der Waals surface area (Å²) < 4.78 is 5.23. The molecule has 0 fully saturated rings. The summed E-state index contributed by atoms with van der Waals surface area (Å²) in [6.07, 6.45) is 5.08. The molecule has 0 spiro atoms. The Kier molecular flexibility index (Phi) is 4.31. The summed E-state index contributed by atoms with van der Waals surface area (Å²) in [5.74, 6) is 3.02. The standard InChI is InChI=1S/C11H12ClNO/c1-3-6-14-11-5-4-9(8-13-2)7-10(11)12/h1,4-5,7,13H,6,8H2,2H3. The van der Waals surface area contributed by atoms with Crippen LogP contribution in [0.2, 0.25) is 5.02 Å². The maximum absolute atomic E-state index is 5.98. The van der Waals surface area contributed by atoms with Crippen LogP contribution in [0.4, 0.5) is 0 Å². The third-order valence-electron chi connectivity index (χ3n) is 1.69. The highest BCUT2D eigenvalue weighted by molar-refractivity contribution is 6.32. The van der Waals surface area contributed by atoms with E-state index in [1.165, 1.54) is 0 Å². The molecule has 3 heteroatoms. The first-order chi connectivity index (χ1) is 6.77. The zero-order valence-electron chi connectivity index (χ0n) is 8.01. The second kappa shape index (κ2) is 5.54. The molecule has 0 amide bonds. The molecule has 0 aliphatic rings. The molecule has 0 bridgehead atoms. The van der Waals surface area contributed by atoms with Crippen molar-refractivity contribution in [1.82, 2.24) is 5.32 Å². The fourth-order valence-corrected chi connectivity index (χ4v) is 1.35. The van der Waals surface area contributed by atoms with Crippen LogP contribution in [-0.4, -0.2) is 13.7 Å². The molecule has 1 aromatic carbocycles. The van der Waals surface area contributed by atoms with Gasteiger partial charge in [0.1, 0.15) is 12.4 Å². The number of benzene rings is 1. The van der Waals surface area contributed by atoms with E-state index in [0.717, 1.165) is 12.1 Å². The van der Waals surface area contributed by atoms with Crippen LogP contribution < -0.4 is 10.1 Å². The number of nitrogens with one attached hydrogen (secondary N) is 1. The van der Waals surface area contributed by atoms with E-state index in [9.17, 15) is 0 Å². The minimum absolute atomic E-state index is 0.241. The van der Waals surface area contributed by atoms with Gasteiger partial charge < -0.3 is 10.1 Å². The molecular weight excluding hydrogens is 198 g/mol. The Hall–Kier alpha value is -1.17. The van der Waals surface area contributed by atoms with Crippen molar-refractivity contribution in [3.8, 4) is 18.1 Å². The quantitative estimate of drug-likeness (QED) is 0.767. The summed E-state index contributed by atoms with van der Waals surface area (Å²) >= 11 is 5.98. The van der Waals surface area contributed by atoms with Gasteiger partial charge in [-0.15, -0.1) is 6.42 Å². The lowest BCUT2D eigenvalue weighted by atomic mass is 10.2. The molecule has 1 rings (SSSR count). The maximum atomic E-state index is 5.98. The number of halogens is 1. The molecule has 0 atom stereocenters. The van der Waals surface area contributed by atoms with Crippen molar-refractivity contribution >= 4 is 11.6 Å². The largest absolute Gasteiger partial charge is 0.479 e. The first-order valence-electron chi connectivity index (χ1n) is 4.27. The Balaban J connectivity index is 2.75. The summed E-state index contributed by atoms with van der Waals surface area (Å²) in [6, 6.07) is 5.64. The molecule has 1 aromatic rings. The Morgan fingerprint density at radius 1 is 1.57 bits per heavy atom. The van der Waals surface area contributed by atoms with Crippen molar-refractivity contribution in [2.45, 2.75) is 6.54 Å². The average Bonchev–Trinajstić information content (AvgIpc) is 2.17.